The van der Waals surface area contributed by atoms with E-state index < -0.39 is 0 Å². The monoisotopic (exact) mass is 412 g/mol. The zero-order chi connectivity index (χ0) is 19.3. The molecule has 0 amide bonds. The molecule has 0 radical (unpaired) electrons. The summed E-state index contributed by atoms with van der Waals surface area (Å²) >= 11 is 11.5. The number of nitrogens with zero attached hydrogens (tertiary/aromatic N) is 2. The van der Waals surface area contributed by atoms with Gasteiger partial charge >= 0.3 is 0 Å². The molecule has 2 fully saturated rings. The second-order valence-electron chi connectivity index (χ2n) is 6.78. The minimum Gasteiger partial charge on any atom is -0.333 e. The second-order valence-corrected chi connectivity index (χ2v) is 7.55. The summed E-state index contributed by atoms with van der Waals surface area (Å²) in [5.41, 5.74) is 1.98. The molecule has 2 aromatic rings. The molecule has 6 nitrogen and oxygen atoms in total. The molecule has 8 heteroatoms. The molecule has 0 spiro atoms. The Bertz CT molecular complexity index is 748. The topological polar surface area (TPSA) is 54.6 Å². The fraction of sp³-hybridized carbons (Fsp3) is 0.300. The van der Waals surface area contributed by atoms with Crippen LogP contribution in [-0.4, -0.2) is 58.5 Å². The summed E-state index contributed by atoms with van der Waals surface area (Å²) < 4.78 is 0. The number of hydrogen-bond acceptors (Lipinski definition) is 4. The molecular weight excluding hydrogens is 388 g/mol. The summed E-state index contributed by atoms with van der Waals surface area (Å²) in [4.78, 5) is 4.43. The molecule has 28 heavy (non-hydrogen) atoms. The van der Waals surface area contributed by atoms with E-state index in [1.807, 2.05) is 60.7 Å². The summed E-state index contributed by atoms with van der Waals surface area (Å²) in [5, 5.41) is 15.2. The van der Waals surface area contributed by atoms with Crippen LogP contribution in [0.4, 0.5) is 11.4 Å². The Balaban J connectivity index is 1.52. The molecule has 2 saturated heterocycles. The first-order chi connectivity index (χ1) is 13.7. The molecule has 0 bridgehead atoms. The molecule has 0 saturated carbocycles. The lowest BCUT2D eigenvalue weighted by molar-refractivity contribution is 0.0484. The van der Waals surface area contributed by atoms with E-state index in [4.69, 9.17) is 24.4 Å². The Kier molecular flexibility index (Phi) is 6.01. The molecule has 146 valence electrons. The van der Waals surface area contributed by atoms with Crippen LogP contribution in [0.25, 0.3) is 0 Å². The molecule has 4 rings (SSSR count). The van der Waals surface area contributed by atoms with Crippen LogP contribution in [0.5, 0.6) is 0 Å². The zero-order valence-electron chi connectivity index (χ0n) is 15.5. The summed E-state index contributed by atoms with van der Waals surface area (Å²) in [5.74, 6) is 0. The molecule has 0 unspecified atom stereocenters. The van der Waals surface area contributed by atoms with E-state index in [0.717, 1.165) is 37.6 Å². The standard InChI is InChI=1S/C20H24N6S2/c27-19(23-15-7-3-1-4-8-15)25-13-11-21-17-18(25)26(14-12-22-17)20(28)24-16-9-5-2-6-10-16/h1-10,17-18,21-22H,11-14H2,(H,23,27)(H,24,28). The van der Waals surface area contributed by atoms with Crippen molar-refractivity contribution in [1.29, 1.82) is 0 Å². The van der Waals surface area contributed by atoms with Crippen molar-refractivity contribution in [3.63, 3.8) is 0 Å². The molecule has 2 aromatic carbocycles. The predicted octanol–water partition coefficient (Wildman–Crippen LogP) is 2.24. The Hall–Kier alpha value is -2.26. The highest BCUT2D eigenvalue weighted by atomic mass is 32.1. The van der Waals surface area contributed by atoms with Crippen molar-refractivity contribution in [1.82, 2.24) is 20.4 Å². The number of para-hydroxylation sites is 2. The minimum absolute atomic E-state index is 0.00470. The van der Waals surface area contributed by atoms with Gasteiger partial charge in [-0.1, -0.05) is 36.4 Å². The number of benzene rings is 2. The first kappa shape index (κ1) is 19.1. The van der Waals surface area contributed by atoms with Gasteiger partial charge in [-0.3, -0.25) is 10.6 Å². The van der Waals surface area contributed by atoms with E-state index in [0.29, 0.717) is 10.2 Å². The van der Waals surface area contributed by atoms with Crippen LogP contribution in [0.1, 0.15) is 0 Å². The molecule has 2 heterocycles. The zero-order valence-corrected chi connectivity index (χ0v) is 17.1. The first-order valence-corrected chi connectivity index (χ1v) is 10.3. The van der Waals surface area contributed by atoms with Crippen LogP contribution < -0.4 is 21.3 Å². The lowest BCUT2D eigenvalue weighted by Crippen LogP contribution is -2.75. The first-order valence-electron chi connectivity index (χ1n) is 9.44. The molecule has 0 aromatic heterocycles. The highest BCUT2D eigenvalue weighted by molar-refractivity contribution is 7.80. The normalized spacial score (nSPS) is 21.6. The van der Waals surface area contributed by atoms with Gasteiger partial charge in [0, 0.05) is 37.6 Å². The number of nitrogens with one attached hydrogen (secondary N) is 4. The predicted molar refractivity (Wildman–Crippen MR) is 122 cm³/mol. The quantitative estimate of drug-likeness (QED) is 0.561. The largest absolute Gasteiger partial charge is 0.333 e. The average Bonchev–Trinajstić information content (AvgIpc) is 2.74. The average molecular weight is 413 g/mol. The van der Waals surface area contributed by atoms with Crippen molar-refractivity contribution in [2.75, 3.05) is 36.8 Å². The maximum Gasteiger partial charge on any atom is 0.175 e. The van der Waals surface area contributed by atoms with E-state index in [9.17, 15) is 0 Å². The summed E-state index contributed by atoms with van der Waals surface area (Å²) in [6.07, 6.45) is 0.0865. The van der Waals surface area contributed by atoms with Gasteiger partial charge in [0.2, 0.25) is 0 Å². The van der Waals surface area contributed by atoms with Gasteiger partial charge in [0.15, 0.2) is 10.2 Å². The van der Waals surface area contributed by atoms with Crippen molar-refractivity contribution >= 4 is 46.0 Å². The molecule has 2 aliphatic rings. The molecule has 0 atom stereocenters. The lowest BCUT2D eigenvalue weighted by Gasteiger charge is -2.51. The fourth-order valence-electron chi connectivity index (χ4n) is 3.63. The maximum absolute atomic E-state index is 5.76. The van der Waals surface area contributed by atoms with Crippen LogP contribution in [0.3, 0.4) is 0 Å². The summed E-state index contributed by atoms with van der Waals surface area (Å²) in [7, 11) is 0. The van der Waals surface area contributed by atoms with Crippen LogP contribution in [0, 0.1) is 0 Å². The molecule has 4 N–H and O–H groups in total. The number of hydrogen-bond donors (Lipinski definition) is 4. The number of thiocarbonyl (C=S) groups is 2. The van der Waals surface area contributed by atoms with Gasteiger partial charge in [0.1, 0.15) is 6.17 Å². The van der Waals surface area contributed by atoms with E-state index in [-0.39, 0.29) is 12.3 Å². The van der Waals surface area contributed by atoms with Gasteiger partial charge in [-0.25, -0.2) is 0 Å². The lowest BCUT2D eigenvalue weighted by atomic mass is 10.1. The number of piperazine rings is 2. The van der Waals surface area contributed by atoms with E-state index in [1.165, 1.54) is 0 Å². The Labute approximate surface area is 176 Å². The maximum atomic E-state index is 5.76. The molecule has 0 aliphatic carbocycles. The van der Waals surface area contributed by atoms with E-state index >= 15 is 0 Å². The van der Waals surface area contributed by atoms with Gasteiger partial charge in [-0.2, -0.15) is 0 Å². The summed E-state index contributed by atoms with van der Waals surface area (Å²) in [6.45, 7) is 3.34. The third-order valence-corrected chi connectivity index (χ3v) is 5.62. The third-order valence-electron chi connectivity index (χ3n) is 4.94. The Morgan fingerprint density at radius 3 is 1.61 bits per heavy atom. The number of rotatable bonds is 2. The van der Waals surface area contributed by atoms with E-state index in [2.05, 4.69) is 31.1 Å². The highest BCUT2D eigenvalue weighted by Gasteiger charge is 2.40. The van der Waals surface area contributed by atoms with Crippen molar-refractivity contribution < 1.29 is 0 Å². The smallest absolute Gasteiger partial charge is 0.175 e. The minimum atomic E-state index is -0.00470. The van der Waals surface area contributed by atoms with Gasteiger partial charge in [0.25, 0.3) is 0 Å². The third kappa shape index (κ3) is 4.25. The number of anilines is 2. The molecule has 2 aliphatic heterocycles. The van der Waals surface area contributed by atoms with Crippen LogP contribution in [-0.2, 0) is 0 Å². The van der Waals surface area contributed by atoms with Crippen LogP contribution in [0.15, 0.2) is 60.7 Å². The van der Waals surface area contributed by atoms with Crippen molar-refractivity contribution in [2.24, 2.45) is 0 Å². The van der Waals surface area contributed by atoms with Gasteiger partial charge < -0.3 is 20.4 Å². The van der Waals surface area contributed by atoms with E-state index in [1.54, 1.807) is 0 Å². The number of fused-ring (bicyclic) bond motifs is 1. The second kappa shape index (κ2) is 8.83. The summed E-state index contributed by atoms with van der Waals surface area (Å²) in [6, 6.07) is 20.1. The Morgan fingerprint density at radius 2 is 1.18 bits per heavy atom. The van der Waals surface area contributed by atoms with Crippen LogP contribution in [0.2, 0.25) is 0 Å². The highest BCUT2D eigenvalue weighted by Crippen LogP contribution is 2.20. The van der Waals surface area contributed by atoms with Crippen molar-refractivity contribution in [3.8, 4) is 0 Å². The SMILES string of the molecule is S=C(Nc1ccccc1)N1CCNC2NCCN(C(=S)Nc3ccccc3)C21. The van der Waals surface area contributed by atoms with Crippen LogP contribution >= 0.6 is 24.4 Å². The van der Waals surface area contributed by atoms with Crippen molar-refractivity contribution in [3.05, 3.63) is 60.7 Å². The molecular formula is C20H24N6S2. The van der Waals surface area contributed by atoms with Crippen molar-refractivity contribution in [2.45, 2.75) is 12.3 Å². The van der Waals surface area contributed by atoms with Gasteiger partial charge in [0.05, 0.1) is 6.17 Å². The van der Waals surface area contributed by atoms with Gasteiger partial charge in [-0.15, -0.1) is 0 Å². The van der Waals surface area contributed by atoms with Gasteiger partial charge in [-0.05, 0) is 48.7 Å². The Morgan fingerprint density at radius 1 is 0.750 bits per heavy atom. The fourth-order valence-corrected chi connectivity index (χ4v) is 4.27.